The molecule has 0 bridgehead atoms. The summed E-state index contributed by atoms with van der Waals surface area (Å²) in [4.78, 5) is 17.1. The topological polar surface area (TPSA) is 71.9 Å². The van der Waals surface area contributed by atoms with Crippen molar-refractivity contribution in [1.82, 2.24) is 5.32 Å². The molecular formula is C21H24ClN3O3. The lowest BCUT2D eigenvalue weighted by Gasteiger charge is -2.14. The number of nitrogens with zero attached hydrogens (tertiary/aromatic N) is 1. The second-order valence-corrected chi connectivity index (χ2v) is 7.03. The standard InChI is InChI=1S/C21H24ClN3O3/c1-14-5-7-15(8-6-14)20(26)25-21(23-13-17-4-3-11-28-17)24-16-9-10-19(27-2)18(22)12-16/h5-10,12,17H,3-4,11,13H2,1-2H3,(H2,23,24,25,26)/t17-/m1/s1. The molecule has 1 fully saturated rings. The number of guanidine groups is 1. The highest BCUT2D eigenvalue weighted by atomic mass is 35.5. The van der Waals surface area contributed by atoms with Crippen LogP contribution in [-0.4, -0.2) is 38.2 Å². The van der Waals surface area contributed by atoms with Gasteiger partial charge in [0.1, 0.15) is 5.75 Å². The molecular weight excluding hydrogens is 378 g/mol. The molecule has 1 heterocycles. The van der Waals surface area contributed by atoms with E-state index in [1.165, 1.54) is 0 Å². The first-order chi connectivity index (χ1) is 13.5. The monoisotopic (exact) mass is 401 g/mol. The highest BCUT2D eigenvalue weighted by molar-refractivity contribution is 6.32. The molecule has 1 amide bonds. The van der Waals surface area contributed by atoms with E-state index < -0.39 is 0 Å². The van der Waals surface area contributed by atoms with Crippen LogP contribution in [0.1, 0.15) is 28.8 Å². The summed E-state index contributed by atoms with van der Waals surface area (Å²) in [6, 6.07) is 12.7. The average molecular weight is 402 g/mol. The number of methoxy groups -OCH3 is 1. The van der Waals surface area contributed by atoms with Gasteiger partial charge in [-0.05, 0) is 50.1 Å². The number of amides is 1. The van der Waals surface area contributed by atoms with Gasteiger partial charge in [0.05, 0.1) is 24.8 Å². The van der Waals surface area contributed by atoms with Crippen molar-refractivity contribution in [3.05, 3.63) is 58.6 Å². The van der Waals surface area contributed by atoms with Gasteiger partial charge in [-0.1, -0.05) is 29.3 Å². The fourth-order valence-electron chi connectivity index (χ4n) is 2.86. The summed E-state index contributed by atoms with van der Waals surface area (Å²) < 4.78 is 10.8. The Balaban J connectivity index is 1.75. The Kier molecular flexibility index (Phi) is 6.90. The van der Waals surface area contributed by atoms with Crippen LogP contribution in [0.2, 0.25) is 5.02 Å². The van der Waals surface area contributed by atoms with E-state index in [0.717, 1.165) is 25.0 Å². The predicted molar refractivity (Wildman–Crippen MR) is 112 cm³/mol. The Morgan fingerprint density at radius 3 is 2.71 bits per heavy atom. The first-order valence-electron chi connectivity index (χ1n) is 9.20. The van der Waals surface area contributed by atoms with E-state index >= 15 is 0 Å². The van der Waals surface area contributed by atoms with Crippen molar-refractivity contribution >= 4 is 29.2 Å². The third kappa shape index (κ3) is 5.47. The van der Waals surface area contributed by atoms with Crippen LogP contribution in [0.4, 0.5) is 5.69 Å². The van der Waals surface area contributed by atoms with Crippen molar-refractivity contribution < 1.29 is 14.3 Å². The Labute approximate surface area is 169 Å². The number of hydrogen-bond acceptors (Lipinski definition) is 4. The van der Waals surface area contributed by atoms with Gasteiger partial charge in [0.15, 0.2) is 0 Å². The molecule has 2 N–H and O–H groups in total. The molecule has 0 radical (unpaired) electrons. The Morgan fingerprint density at radius 1 is 1.29 bits per heavy atom. The summed E-state index contributed by atoms with van der Waals surface area (Å²) in [5, 5.41) is 6.44. The van der Waals surface area contributed by atoms with Crippen LogP contribution in [0.15, 0.2) is 47.5 Å². The maximum atomic E-state index is 12.6. The lowest BCUT2D eigenvalue weighted by atomic mass is 10.1. The zero-order valence-electron chi connectivity index (χ0n) is 16.0. The Hall–Kier alpha value is -2.57. The maximum absolute atomic E-state index is 12.6. The van der Waals surface area contributed by atoms with Crippen LogP contribution < -0.4 is 15.4 Å². The molecule has 0 spiro atoms. The zero-order valence-corrected chi connectivity index (χ0v) is 16.8. The van der Waals surface area contributed by atoms with Gasteiger partial charge < -0.3 is 14.8 Å². The van der Waals surface area contributed by atoms with Crippen molar-refractivity contribution in [2.45, 2.75) is 25.9 Å². The second-order valence-electron chi connectivity index (χ2n) is 6.62. The number of nitrogens with one attached hydrogen (secondary N) is 2. The van der Waals surface area contributed by atoms with E-state index in [1.807, 2.05) is 25.1 Å². The van der Waals surface area contributed by atoms with Gasteiger partial charge in [-0.3, -0.25) is 10.1 Å². The van der Waals surface area contributed by atoms with Crippen molar-refractivity contribution in [3.8, 4) is 5.75 Å². The van der Waals surface area contributed by atoms with Crippen LogP contribution in [0.3, 0.4) is 0 Å². The summed E-state index contributed by atoms with van der Waals surface area (Å²) in [5.41, 5.74) is 2.35. The molecule has 3 rings (SSSR count). The Bertz CT molecular complexity index is 846. The fourth-order valence-corrected chi connectivity index (χ4v) is 3.11. The third-order valence-electron chi connectivity index (χ3n) is 4.44. The lowest BCUT2D eigenvalue weighted by Crippen LogP contribution is -2.36. The number of ether oxygens (including phenoxy) is 2. The SMILES string of the molecule is COc1ccc(NC(=NC[C@H]2CCCO2)NC(=O)c2ccc(C)cc2)cc1Cl. The summed E-state index contributed by atoms with van der Waals surface area (Å²) in [5.74, 6) is 0.689. The first kappa shape index (κ1) is 20.2. The smallest absolute Gasteiger partial charge is 0.257 e. The van der Waals surface area contributed by atoms with E-state index in [1.54, 1.807) is 31.4 Å². The van der Waals surface area contributed by atoms with Crippen LogP contribution in [0, 0.1) is 6.92 Å². The van der Waals surface area contributed by atoms with E-state index in [2.05, 4.69) is 15.6 Å². The minimum absolute atomic E-state index is 0.0764. The molecule has 0 unspecified atom stereocenters. The predicted octanol–water partition coefficient (Wildman–Crippen LogP) is 4.03. The summed E-state index contributed by atoms with van der Waals surface area (Å²) in [6.07, 6.45) is 2.08. The molecule has 0 aliphatic carbocycles. The highest BCUT2D eigenvalue weighted by Crippen LogP contribution is 2.27. The molecule has 7 heteroatoms. The molecule has 28 heavy (non-hydrogen) atoms. The number of carbonyl (C=O) groups is 1. The minimum atomic E-state index is -0.238. The maximum Gasteiger partial charge on any atom is 0.257 e. The molecule has 148 valence electrons. The van der Waals surface area contributed by atoms with Crippen molar-refractivity contribution in [2.75, 3.05) is 25.6 Å². The van der Waals surface area contributed by atoms with Crippen molar-refractivity contribution in [3.63, 3.8) is 0 Å². The summed E-state index contributed by atoms with van der Waals surface area (Å²) in [6.45, 7) is 3.21. The van der Waals surface area contributed by atoms with E-state index in [0.29, 0.717) is 34.5 Å². The van der Waals surface area contributed by atoms with Crippen LogP contribution in [-0.2, 0) is 4.74 Å². The molecule has 2 aromatic rings. The largest absolute Gasteiger partial charge is 0.495 e. The van der Waals surface area contributed by atoms with Gasteiger partial charge in [-0.25, -0.2) is 4.99 Å². The lowest BCUT2D eigenvalue weighted by molar-refractivity contribution is 0.0975. The van der Waals surface area contributed by atoms with Gasteiger partial charge in [0.25, 0.3) is 5.91 Å². The number of halogens is 1. The van der Waals surface area contributed by atoms with Crippen molar-refractivity contribution in [2.24, 2.45) is 4.99 Å². The average Bonchev–Trinajstić information content (AvgIpc) is 3.20. The van der Waals surface area contributed by atoms with E-state index in [-0.39, 0.29) is 12.0 Å². The van der Waals surface area contributed by atoms with Gasteiger partial charge in [0.2, 0.25) is 5.96 Å². The second kappa shape index (κ2) is 9.57. The first-order valence-corrected chi connectivity index (χ1v) is 9.57. The zero-order chi connectivity index (χ0) is 19.9. The number of aliphatic imine (C=N–C) groups is 1. The van der Waals surface area contributed by atoms with Gasteiger partial charge in [-0.2, -0.15) is 0 Å². The Morgan fingerprint density at radius 2 is 2.07 bits per heavy atom. The quantitative estimate of drug-likeness (QED) is 0.586. The molecule has 6 nitrogen and oxygen atoms in total. The summed E-state index contributed by atoms with van der Waals surface area (Å²) >= 11 is 6.20. The molecule has 2 aromatic carbocycles. The number of anilines is 1. The summed E-state index contributed by atoms with van der Waals surface area (Å²) in [7, 11) is 1.56. The fraction of sp³-hybridized carbons (Fsp3) is 0.333. The normalized spacial score (nSPS) is 16.7. The molecule has 0 saturated carbocycles. The highest BCUT2D eigenvalue weighted by Gasteiger charge is 2.16. The number of benzene rings is 2. The van der Waals surface area contributed by atoms with Gasteiger partial charge in [-0.15, -0.1) is 0 Å². The molecule has 1 aliphatic rings. The number of aryl methyl sites for hydroxylation is 1. The van der Waals surface area contributed by atoms with Crippen LogP contribution >= 0.6 is 11.6 Å². The molecule has 1 saturated heterocycles. The number of rotatable bonds is 5. The number of carbonyl (C=O) groups excluding carboxylic acids is 1. The molecule has 1 atom stereocenters. The molecule has 0 aromatic heterocycles. The minimum Gasteiger partial charge on any atom is -0.495 e. The van der Waals surface area contributed by atoms with E-state index in [4.69, 9.17) is 21.1 Å². The van der Waals surface area contributed by atoms with E-state index in [9.17, 15) is 4.79 Å². The van der Waals surface area contributed by atoms with Crippen LogP contribution in [0.25, 0.3) is 0 Å². The number of hydrogen-bond donors (Lipinski definition) is 2. The van der Waals surface area contributed by atoms with Gasteiger partial charge >= 0.3 is 0 Å². The molecule has 1 aliphatic heterocycles. The third-order valence-corrected chi connectivity index (χ3v) is 4.73. The van der Waals surface area contributed by atoms with Gasteiger partial charge in [0, 0.05) is 17.9 Å². The van der Waals surface area contributed by atoms with Crippen molar-refractivity contribution in [1.29, 1.82) is 0 Å². The van der Waals surface area contributed by atoms with Crippen LogP contribution in [0.5, 0.6) is 5.75 Å².